The zero-order valence-corrected chi connectivity index (χ0v) is 15.0. The van der Waals surface area contributed by atoms with Crippen LogP contribution in [0.3, 0.4) is 0 Å². The lowest BCUT2D eigenvalue weighted by atomic mass is 9.95. The average Bonchev–Trinajstić information content (AvgIpc) is 2.53. The molecule has 3 rings (SSSR count). The SMILES string of the molecule is COCCN1C(C)CN(c2nc(C)nc3c2CCCC3)CC1C. The molecule has 0 amide bonds. The number of ether oxygens (including phenoxy) is 1. The van der Waals surface area contributed by atoms with E-state index in [1.807, 2.05) is 6.92 Å². The van der Waals surface area contributed by atoms with E-state index >= 15 is 0 Å². The van der Waals surface area contributed by atoms with Crippen LogP contribution in [0.1, 0.15) is 43.8 Å². The summed E-state index contributed by atoms with van der Waals surface area (Å²) in [7, 11) is 1.78. The minimum absolute atomic E-state index is 0.517. The van der Waals surface area contributed by atoms with Crippen molar-refractivity contribution in [3.05, 3.63) is 17.1 Å². The highest BCUT2D eigenvalue weighted by molar-refractivity contribution is 5.51. The lowest BCUT2D eigenvalue weighted by Crippen LogP contribution is -2.57. The third-order valence-corrected chi connectivity index (χ3v) is 5.23. The first-order valence-electron chi connectivity index (χ1n) is 8.96. The van der Waals surface area contributed by atoms with Crippen LogP contribution in [-0.4, -0.2) is 60.3 Å². The van der Waals surface area contributed by atoms with Gasteiger partial charge in [0, 0.05) is 50.1 Å². The molecule has 0 aromatic carbocycles. The maximum absolute atomic E-state index is 5.27. The van der Waals surface area contributed by atoms with Gasteiger partial charge in [-0.25, -0.2) is 9.97 Å². The molecule has 0 N–H and O–H groups in total. The summed E-state index contributed by atoms with van der Waals surface area (Å²) in [5.41, 5.74) is 2.70. The monoisotopic (exact) mass is 318 g/mol. The maximum Gasteiger partial charge on any atom is 0.135 e. The van der Waals surface area contributed by atoms with E-state index in [0.717, 1.165) is 44.9 Å². The number of fused-ring (bicyclic) bond motifs is 1. The van der Waals surface area contributed by atoms with E-state index in [0.29, 0.717) is 12.1 Å². The van der Waals surface area contributed by atoms with E-state index in [4.69, 9.17) is 14.7 Å². The van der Waals surface area contributed by atoms with E-state index in [1.165, 1.54) is 29.9 Å². The van der Waals surface area contributed by atoms with Gasteiger partial charge in [-0.05, 0) is 46.5 Å². The Labute approximate surface area is 140 Å². The number of methoxy groups -OCH3 is 1. The number of nitrogens with zero attached hydrogens (tertiary/aromatic N) is 4. The Hall–Kier alpha value is -1.20. The lowest BCUT2D eigenvalue weighted by molar-refractivity contribution is 0.0844. The van der Waals surface area contributed by atoms with Crippen LogP contribution in [0.25, 0.3) is 0 Å². The van der Waals surface area contributed by atoms with Gasteiger partial charge in [0.25, 0.3) is 0 Å². The Morgan fingerprint density at radius 3 is 2.48 bits per heavy atom. The minimum Gasteiger partial charge on any atom is -0.383 e. The first-order chi connectivity index (χ1) is 11.1. The molecule has 1 aliphatic carbocycles. The van der Waals surface area contributed by atoms with Gasteiger partial charge < -0.3 is 9.64 Å². The second-order valence-corrected chi connectivity index (χ2v) is 7.06. The van der Waals surface area contributed by atoms with Gasteiger partial charge in [-0.3, -0.25) is 4.90 Å². The van der Waals surface area contributed by atoms with Crippen molar-refractivity contribution >= 4 is 5.82 Å². The lowest BCUT2D eigenvalue weighted by Gasteiger charge is -2.45. The van der Waals surface area contributed by atoms with Crippen molar-refractivity contribution in [2.24, 2.45) is 0 Å². The van der Waals surface area contributed by atoms with Crippen molar-refractivity contribution in [2.75, 3.05) is 38.3 Å². The quantitative estimate of drug-likeness (QED) is 0.851. The fourth-order valence-electron chi connectivity index (χ4n) is 4.12. The zero-order chi connectivity index (χ0) is 16.4. The van der Waals surface area contributed by atoms with Crippen LogP contribution in [0.2, 0.25) is 0 Å². The highest BCUT2D eigenvalue weighted by Gasteiger charge is 2.31. The van der Waals surface area contributed by atoms with Gasteiger partial charge in [0.1, 0.15) is 11.6 Å². The number of aryl methyl sites for hydroxylation is 2. The summed E-state index contributed by atoms with van der Waals surface area (Å²) in [5, 5.41) is 0. The Balaban J connectivity index is 1.82. The number of piperazine rings is 1. The fourth-order valence-corrected chi connectivity index (χ4v) is 4.12. The molecule has 23 heavy (non-hydrogen) atoms. The van der Waals surface area contributed by atoms with E-state index in [1.54, 1.807) is 7.11 Å². The van der Waals surface area contributed by atoms with Gasteiger partial charge in [-0.15, -0.1) is 0 Å². The van der Waals surface area contributed by atoms with Gasteiger partial charge in [-0.2, -0.15) is 0 Å². The summed E-state index contributed by atoms with van der Waals surface area (Å²) in [5.74, 6) is 2.13. The van der Waals surface area contributed by atoms with E-state index < -0.39 is 0 Å². The normalized spacial score (nSPS) is 25.5. The number of hydrogen-bond donors (Lipinski definition) is 0. The molecule has 5 heteroatoms. The highest BCUT2D eigenvalue weighted by Crippen LogP contribution is 2.30. The van der Waals surface area contributed by atoms with Crippen LogP contribution < -0.4 is 4.90 Å². The van der Waals surface area contributed by atoms with Crippen molar-refractivity contribution in [1.82, 2.24) is 14.9 Å². The van der Waals surface area contributed by atoms with Crippen molar-refractivity contribution in [2.45, 2.75) is 58.5 Å². The molecule has 2 aliphatic rings. The third kappa shape index (κ3) is 3.50. The molecule has 0 bridgehead atoms. The molecule has 128 valence electrons. The van der Waals surface area contributed by atoms with Crippen LogP contribution in [-0.2, 0) is 17.6 Å². The topological polar surface area (TPSA) is 41.5 Å². The van der Waals surface area contributed by atoms with Gasteiger partial charge in [0.2, 0.25) is 0 Å². The van der Waals surface area contributed by atoms with E-state index in [-0.39, 0.29) is 0 Å². The van der Waals surface area contributed by atoms with Crippen molar-refractivity contribution in [3.8, 4) is 0 Å². The molecule has 0 radical (unpaired) electrons. The molecule has 1 saturated heterocycles. The van der Waals surface area contributed by atoms with Gasteiger partial charge in [0.05, 0.1) is 6.61 Å². The minimum atomic E-state index is 0.517. The molecule has 1 aromatic rings. The second kappa shape index (κ2) is 7.14. The Kier molecular flexibility index (Phi) is 5.17. The highest BCUT2D eigenvalue weighted by atomic mass is 16.5. The number of aromatic nitrogens is 2. The molecule has 0 saturated carbocycles. The summed E-state index contributed by atoms with van der Waals surface area (Å²) in [6.45, 7) is 10.6. The van der Waals surface area contributed by atoms with Crippen molar-refractivity contribution in [3.63, 3.8) is 0 Å². The van der Waals surface area contributed by atoms with Crippen LogP contribution >= 0.6 is 0 Å². The number of rotatable bonds is 4. The summed E-state index contributed by atoms with van der Waals surface area (Å²) < 4.78 is 5.27. The van der Waals surface area contributed by atoms with Crippen LogP contribution in [0, 0.1) is 6.92 Å². The van der Waals surface area contributed by atoms with E-state index in [2.05, 4.69) is 23.6 Å². The van der Waals surface area contributed by atoms with Gasteiger partial charge >= 0.3 is 0 Å². The Morgan fingerprint density at radius 1 is 1.09 bits per heavy atom. The molecule has 1 aliphatic heterocycles. The van der Waals surface area contributed by atoms with E-state index in [9.17, 15) is 0 Å². The predicted molar refractivity (Wildman–Crippen MR) is 93.1 cm³/mol. The fraction of sp³-hybridized carbons (Fsp3) is 0.778. The largest absolute Gasteiger partial charge is 0.383 e. The number of anilines is 1. The molecule has 2 unspecified atom stereocenters. The summed E-state index contributed by atoms with van der Waals surface area (Å²) in [6.07, 6.45) is 4.79. The first-order valence-corrected chi connectivity index (χ1v) is 8.96. The summed E-state index contributed by atoms with van der Waals surface area (Å²) in [4.78, 5) is 14.6. The molecule has 0 spiro atoms. The first kappa shape index (κ1) is 16.7. The Morgan fingerprint density at radius 2 is 1.78 bits per heavy atom. The molecule has 1 fully saturated rings. The molecular weight excluding hydrogens is 288 g/mol. The molecule has 2 heterocycles. The molecule has 5 nitrogen and oxygen atoms in total. The second-order valence-electron chi connectivity index (χ2n) is 7.06. The van der Waals surface area contributed by atoms with Crippen LogP contribution in [0.15, 0.2) is 0 Å². The summed E-state index contributed by atoms with van der Waals surface area (Å²) >= 11 is 0. The van der Waals surface area contributed by atoms with Gasteiger partial charge in [0.15, 0.2) is 0 Å². The summed E-state index contributed by atoms with van der Waals surface area (Å²) in [6, 6.07) is 1.03. The third-order valence-electron chi connectivity index (χ3n) is 5.23. The molecular formula is C18H30N4O. The smallest absolute Gasteiger partial charge is 0.135 e. The zero-order valence-electron chi connectivity index (χ0n) is 15.0. The maximum atomic E-state index is 5.27. The van der Waals surface area contributed by atoms with Crippen molar-refractivity contribution < 1.29 is 4.74 Å². The van der Waals surface area contributed by atoms with Crippen LogP contribution in [0.4, 0.5) is 5.82 Å². The Bertz CT molecular complexity index is 536. The van der Waals surface area contributed by atoms with Gasteiger partial charge in [-0.1, -0.05) is 0 Å². The standard InChI is InChI=1S/C18H30N4O/c1-13-11-21(12-14(2)22(13)9-10-23-4)18-16-7-5-6-8-17(16)19-15(3)20-18/h13-14H,5-12H2,1-4H3. The molecule has 2 atom stereocenters. The van der Waals surface area contributed by atoms with Crippen LogP contribution in [0.5, 0.6) is 0 Å². The van der Waals surface area contributed by atoms with Crippen molar-refractivity contribution in [1.29, 1.82) is 0 Å². The average molecular weight is 318 g/mol. The number of hydrogen-bond acceptors (Lipinski definition) is 5. The molecule has 1 aromatic heterocycles. The predicted octanol–water partition coefficient (Wildman–Crippen LogP) is 2.21.